The van der Waals surface area contributed by atoms with Crippen molar-refractivity contribution in [2.75, 3.05) is 18.4 Å². The van der Waals surface area contributed by atoms with Gasteiger partial charge in [-0.1, -0.05) is 13.8 Å². The lowest BCUT2D eigenvalue weighted by Crippen LogP contribution is -2.40. The van der Waals surface area contributed by atoms with Gasteiger partial charge in [0.1, 0.15) is 5.82 Å². The van der Waals surface area contributed by atoms with Crippen LogP contribution in [0.15, 0.2) is 12.4 Å². The second-order valence-corrected chi connectivity index (χ2v) is 6.18. The summed E-state index contributed by atoms with van der Waals surface area (Å²) in [5, 5.41) is 12.7. The van der Waals surface area contributed by atoms with Gasteiger partial charge in [-0.15, -0.1) is 0 Å². The molecule has 1 aromatic rings. The summed E-state index contributed by atoms with van der Waals surface area (Å²) in [6.45, 7) is 7.11. The highest BCUT2D eigenvalue weighted by Crippen LogP contribution is 2.28. The van der Waals surface area contributed by atoms with Gasteiger partial charge in [0.25, 0.3) is 0 Å². The average molecular weight is 278 g/mol. The van der Waals surface area contributed by atoms with Crippen LogP contribution < -0.4 is 5.32 Å². The number of aryl methyl sites for hydroxylation is 1. The molecule has 0 spiro atoms. The standard InChI is InChI=1S/C14H22N4O2/c1-10-15-7-11(8-16-10)17-13(20)18-5-4-12(19)6-14(2,3)9-18/h7-8,12,19H,4-6,9H2,1-3H3,(H,17,20). The first-order chi connectivity index (χ1) is 9.35. The molecular formula is C14H22N4O2. The molecule has 2 N–H and O–H groups in total. The zero-order chi connectivity index (χ0) is 14.8. The van der Waals surface area contributed by atoms with Crippen LogP contribution in [0.25, 0.3) is 0 Å². The van der Waals surface area contributed by atoms with Gasteiger partial charge in [0.15, 0.2) is 0 Å². The summed E-state index contributed by atoms with van der Waals surface area (Å²) in [7, 11) is 0. The van der Waals surface area contributed by atoms with Crippen LogP contribution in [0.5, 0.6) is 0 Å². The lowest BCUT2D eigenvalue weighted by atomic mass is 9.87. The predicted molar refractivity (Wildman–Crippen MR) is 76.4 cm³/mol. The van der Waals surface area contributed by atoms with Crippen LogP contribution >= 0.6 is 0 Å². The molecule has 2 rings (SSSR count). The summed E-state index contributed by atoms with van der Waals surface area (Å²) in [4.78, 5) is 22.1. The van der Waals surface area contributed by atoms with Crippen LogP contribution in [0.1, 0.15) is 32.5 Å². The monoisotopic (exact) mass is 278 g/mol. The number of aliphatic hydroxyl groups excluding tert-OH is 1. The fourth-order valence-corrected chi connectivity index (χ4v) is 2.54. The van der Waals surface area contributed by atoms with E-state index in [-0.39, 0.29) is 17.6 Å². The third-order valence-corrected chi connectivity index (χ3v) is 3.46. The van der Waals surface area contributed by atoms with Crippen LogP contribution in [-0.4, -0.2) is 45.2 Å². The number of nitrogens with zero attached hydrogens (tertiary/aromatic N) is 3. The molecule has 1 aromatic heterocycles. The van der Waals surface area contributed by atoms with E-state index in [0.717, 1.165) is 0 Å². The van der Waals surface area contributed by atoms with Crippen molar-refractivity contribution in [3.8, 4) is 0 Å². The molecule has 2 amide bonds. The molecule has 1 saturated heterocycles. The van der Waals surface area contributed by atoms with E-state index < -0.39 is 0 Å². The third kappa shape index (κ3) is 3.90. The summed E-state index contributed by atoms with van der Waals surface area (Å²) in [6.07, 6.45) is 4.17. The highest BCUT2D eigenvalue weighted by molar-refractivity contribution is 5.89. The average Bonchev–Trinajstić information content (AvgIpc) is 2.49. The Balaban J connectivity index is 2.02. The molecule has 1 fully saturated rings. The van der Waals surface area contributed by atoms with E-state index >= 15 is 0 Å². The second-order valence-electron chi connectivity index (χ2n) is 6.18. The summed E-state index contributed by atoms with van der Waals surface area (Å²) in [6, 6.07) is -0.167. The largest absolute Gasteiger partial charge is 0.393 e. The molecule has 2 heterocycles. The Kier molecular flexibility index (Phi) is 4.23. The van der Waals surface area contributed by atoms with Gasteiger partial charge < -0.3 is 15.3 Å². The second kappa shape index (κ2) is 5.75. The number of hydrogen-bond acceptors (Lipinski definition) is 4. The van der Waals surface area contributed by atoms with E-state index in [1.54, 1.807) is 24.2 Å². The SMILES string of the molecule is Cc1ncc(NC(=O)N2CCC(O)CC(C)(C)C2)cn1. The van der Waals surface area contributed by atoms with Crippen molar-refractivity contribution in [2.45, 2.75) is 39.7 Å². The molecule has 1 unspecified atom stereocenters. The normalized spacial score (nSPS) is 22.2. The number of hydrogen-bond donors (Lipinski definition) is 2. The zero-order valence-corrected chi connectivity index (χ0v) is 12.3. The van der Waals surface area contributed by atoms with E-state index in [1.807, 2.05) is 0 Å². The Morgan fingerprint density at radius 1 is 1.45 bits per heavy atom. The van der Waals surface area contributed by atoms with Crippen molar-refractivity contribution in [1.82, 2.24) is 14.9 Å². The molecule has 0 bridgehead atoms. The fraction of sp³-hybridized carbons (Fsp3) is 0.643. The van der Waals surface area contributed by atoms with E-state index in [1.165, 1.54) is 0 Å². The topological polar surface area (TPSA) is 78.4 Å². The number of aromatic nitrogens is 2. The number of nitrogens with one attached hydrogen (secondary N) is 1. The summed E-state index contributed by atoms with van der Waals surface area (Å²) < 4.78 is 0. The van der Waals surface area contributed by atoms with Crippen molar-refractivity contribution in [1.29, 1.82) is 0 Å². The Bertz CT molecular complexity index is 473. The third-order valence-electron chi connectivity index (χ3n) is 3.46. The zero-order valence-electron chi connectivity index (χ0n) is 12.3. The number of rotatable bonds is 1. The van der Waals surface area contributed by atoms with Gasteiger partial charge in [-0.3, -0.25) is 0 Å². The highest BCUT2D eigenvalue weighted by Gasteiger charge is 2.31. The van der Waals surface area contributed by atoms with Gasteiger partial charge in [0, 0.05) is 13.1 Å². The van der Waals surface area contributed by atoms with Crippen molar-refractivity contribution in [3.05, 3.63) is 18.2 Å². The minimum Gasteiger partial charge on any atom is -0.393 e. The first-order valence-electron chi connectivity index (χ1n) is 6.88. The number of amides is 2. The first-order valence-corrected chi connectivity index (χ1v) is 6.88. The predicted octanol–water partition coefficient (Wildman–Crippen LogP) is 1.80. The lowest BCUT2D eigenvalue weighted by molar-refractivity contribution is 0.122. The molecule has 1 aliphatic heterocycles. The van der Waals surface area contributed by atoms with Gasteiger partial charge in [-0.2, -0.15) is 0 Å². The highest BCUT2D eigenvalue weighted by atomic mass is 16.3. The van der Waals surface area contributed by atoms with Crippen molar-refractivity contribution < 1.29 is 9.90 Å². The molecule has 0 aliphatic carbocycles. The number of aliphatic hydroxyl groups is 1. The Hall–Kier alpha value is -1.69. The minimum atomic E-state index is -0.342. The Morgan fingerprint density at radius 2 is 2.10 bits per heavy atom. The van der Waals surface area contributed by atoms with Gasteiger partial charge in [0.05, 0.1) is 24.2 Å². The van der Waals surface area contributed by atoms with E-state index in [9.17, 15) is 9.90 Å². The smallest absolute Gasteiger partial charge is 0.321 e. The van der Waals surface area contributed by atoms with Crippen molar-refractivity contribution in [2.24, 2.45) is 5.41 Å². The summed E-state index contributed by atoms with van der Waals surface area (Å²) in [5.41, 5.74) is 0.500. The summed E-state index contributed by atoms with van der Waals surface area (Å²) >= 11 is 0. The quantitative estimate of drug-likeness (QED) is 0.821. The van der Waals surface area contributed by atoms with E-state index in [2.05, 4.69) is 29.1 Å². The van der Waals surface area contributed by atoms with Crippen LogP contribution in [0.4, 0.5) is 10.5 Å². The van der Waals surface area contributed by atoms with Crippen LogP contribution in [-0.2, 0) is 0 Å². The van der Waals surface area contributed by atoms with Gasteiger partial charge in [-0.25, -0.2) is 14.8 Å². The maximum absolute atomic E-state index is 12.3. The number of likely N-dealkylation sites (tertiary alicyclic amines) is 1. The van der Waals surface area contributed by atoms with Crippen molar-refractivity contribution >= 4 is 11.7 Å². The number of carbonyl (C=O) groups is 1. The maximum Gasteiger partial charge on any atom is 0.321 e. The molecule has 1 aliphatic rings. The molecule has 110 valence electrons. The van der Waals surface area contributed by atoms with Gasteiger partial charge in [-0.05, 0) is 25.2 Å². The molecule has 1 atom stereocenters. The molecule has 20 heavy (non-hydrogen) atoms. The van der Waals surface area contributed by atoms with E-state index in [4.69, 9.17) is 0 Å². The Morgan fingerprint density at radius 3 is 2.75 bits per heavy atom. The lowest BCUT2D eigenvalue weighted by Gasteiger charge is -2.29. The molecule has 0 radical (unpaired) electrons. The number of anilines is 1. The molecule has 6 nitrogen and oxygen atoms in total. The van der Waals surface area contributed by atoms with Crippen molar-refractivity contribution in [3.63, 3.8) is 0 Å². The Labute approximate surface area is 119 Å². The number of urea groups is 1. The van der Waals surface area contributed by atoms with Gasteiger partial charge in [0.2, 0.25) is 0 Å². The minimum absolute atomic E-state index is 0.0863. The maximum atomic E-state index is 12.3. The molecule has 0 saturated carbocycles. The first kappa shape index (κ1) is 14.7. The van der Waals surface area contributed by atoms with E-state index in [0.29, 0.717) is 37.4 Å². The molecule has 6 heteroatoms. The van der Waals surface area contributed by atoms with Crippen LogP contribution in [0.2, 0.25) is 0 Å². The van der Waals surface area contributed by atoms with Crippen LogP contribution in [0, 0.1) is 12.3 Å². The number of carbonyl (C=O) groups excluding carboxylic acids is 1. The van der Waals surface area contributed by atoms with Gasteiger partial charge >= 0.3 is 6.03 Å². The summed E-state index contributed by atoms with van der Waals surface area (Å²) in [5.74, 6) is 0.669. The molecule has 0 aromatic carbocycles. The fourth-order valence-electron chi connectivity index (χ4n) is 2.54. The molecular weight excluding hydrogens is 256 g/mol. The van der Waals surface area contributed by atoms with Crippen LogP contribution in [0.3, 0.4) is 0 Å².